The molecule has 0 aliphatic heterocycles. The molecule has 0 aromatic carbocycles. The fourth-order valence-corrected chi connectivity index (χ4v) is 1.32. The van der Waals surface area contributed by atoms with E-state index in [1.165, 1.54) is 6.20 Å². The van der Waals surface area contributed by atoms with Crippen molar-refractivity contribution in [3.8, 4) is 0 Å². The Balaban J connectivity index is 0.000000671. The van der Waals surface area contributed by atoms with Gasteiger partial charge in [0.05, 0.1) is 0 Å². The van der Waals surface area contributed by atoms with Crippen molar-refractivity contribution in [1.82, 2.24) is 4.98 Å². The SMILES string of the molecule is CC.CCc1cnc(C(F)(F)F)s1. The molecule has 1 aromatic heterocycles. The Morgan fingerprint density at radius 1 is 1.38 bits per heavy atom. The average Bonchev–Trinajstić information content (AvgIpc) is 2.54. The standard InChI is InChI=1S/C6H6F3NS.C2H6/c1-2-4-3-10-5(11-4)6(7,8)9;1-2/h3H,2H2,1H3;1-2H3. The van der Waals surface area contributed by atoms with E-state index in [0.717, 1.165) is 0 Å². The van der Waals surface area contributed by atoms with Crippen molar-refractivity contribution in [2.45, 2.75) is 33.4 Å². The number of hydrogen-bond donors (Lipinski definition) is 0. The lowest BCUT2D eigenvalue weighted by molar-refractivity contribution is -0.137. The summed E-state index contributed by atoms with van der Waals surface area (Å²) in [5.74, 6) is 0. The van der Waals surface area contributed by atoms with E-state index in [1.807, 2.05) is 13.8 Å². The molecular formula is C8H12F3NS. The lowest BCUT2D eigenvalue weighted by Gasteiger charge is -1.98. The van der Waals surface area contributed by atoms with Gasteiger partial charge in [0.2, 0.25) is 0 Å². The summed E-state index contributed by atoms with van der Waals surface area (Å²) in [6.07, 6.45) is -2.40. The van der Waals surface area contributed by atoms with E-state index in [4.69, 9.17) is 0 Å². The normalized spacial score (nSPS) is 10.6. The fraction of sp³-hybridized carbons (Fsp3) is 0.625. The zero-order chi connectivity index (χ0) is 10.5. The van der Waals surface area contributed by atoms with Crippen molar-refractivity contribution in [1.29, 1.82) is 0 Å². The van der Waals surface area contributed by atoms with E-state index >= 15 is 0 Å². The Hall–Kier alpha value is -0.580. The summed E-state index contributed by atoms with van der Waals surface area (Å²) < 4.78 is 35.7. The van der Waals surface area contributed by atoms with Gasteiger partial charge in [-0.15, -0.1) is 11.3 Å². The minimum atomic E-state index is -4.28. The van der Waals surface area contributed by atoms with Crippen molar-refractivity contribution < 1.29 is 13.2 Å². The van der Waals surface area contributed by atoms with E-state index in [2.05, 4.69) is 4.98 Å². The predicted molar refractivity (Wildman–Crippen MR) is 47.8 cm³/mol. The number of halogens is 3. The molecule has 0 fully saturated rings. The van der Waals surface area contributed by atoms with Gasteiger partial charge < -0.3 is 0 Å². The number of hydrogen-bond acceptors (Lipinski definition) is 2. The number of rotatable bonds is 1. The maximum atomic E-state index is 11.9. The molecule has 0 saturated heterocycles. The molecular weight excluding hydrogens is 199 g/mol. The van der Waals surface area contributed by atoms with Gasteiger partial charge >= 0.3 is 6.18 Å². The van der Waals surface area contributed by atoms with Crippen LogP contribution in [-0.4, -0.2) is 4.98 Å². The lowest BCUT2D eigenvalue weighted by Crippen LogP contribution is -2.02. The predicted octanol–water partition coefficient (Wildman–Crippen LogP) is 3.75. The van der Waals surface area contributed by atoms with E-state index in [9.17, 15) is 13.2 Å². The second-order valence-electron chi connectivity index (χ2n) is 1.98. The zero-order valence-corrected chi connectivity index (χ0v) is 8.59. The van der Waals surface area contributed by atoms with E-state index < -0.39 is 11.2 Å². The van der Waals surface area contributed by atoms with Gasteiger partial charge in [0.15, 0.2) is 5.01 Å². The highest BCUT2D eigenvalue weighted by molar-refractivity contribution is 7.11. The van der Waals surface area contributed by atoms with Crippen molar-refractivity contribution in [3.63, 3.8) is 0 Å². The van der Waals surface area contributed by atoms with Gasteiger partial charge in [-0.3, -0.25) is 0 Å². The number of aromatic nitrogens is 1. The molecule has 1 nitrogen and oxygen atoms in total. The van der Waals surface area contributed by atoms with Crippen LogP contribution in [0.2, 0.25) is 0 Å². The molecule has 76 valence electrons. The quantitative estimate of drug-likeness (QED) is 0.689. The van der Waals surface area contributed by atoms with E-state index in [0.29, 0.717) is 22.6 Å². The summed E-state index contributed by atoms with van der Waals surface area (Å²) in [7, 11) is 0. The molecule has 0 radical (unpaired) electrons. The van der Waals surface area contributed by atoms with Crippen molar-refractivity contribution in [2.24, 2.45) is 0 Å². The first-order chi connectivity index (χ1) is 6.04. The average molecular weight is 211 g/mol. The van der Waals surface area contributed by atoms with Crippen LogP contribution in [0, 0.1) is 0 Å². The third kappa shape index (κ3) is 3.76. The van der Waals surface area contributed by atoms with Gasteiger partial charge in [-0.25, -0.2) is 4.98 Å². The molecule has 0 spiro atoms. The van der Waals surface area contributed by atoms with Crippen LogP contribution < -0.4 is 0 Å². The second-order valence-corrected chi connectivity index (χ2v) is 3.10. The van der Waals surface area contributed by atoms with Crippen LogP contribution in [0.3, 0.4) is 0 Å². The summed E-state index contributed by atoms with van der Waals surface area (Å²) >= 11 is 0.704. The number of alkyl halides is 3. The van der Waals surface area contributed by atoms with Crippen molar-refractivity contribution in [2.75, 3.05) is 0 Å². The molecule has 1 rings (SSSR count). The molecule has 5 heteroatoms. The fourth-order valence-electron chi connectivity index (χ4n) is 0.602. The lowest BCUT2D eigenvalue weighted by atomic mass is 10.4. The van der Waals surface area contributed by atoms with Crippen molar-refractivity contribution in [3.05, 3.63) is 16.1 Å². The second kappa shape index (κ2) is 5.21. The third-order valence-electron chi connectivity index (χ3n) is 1.14. The highest BCUT2D eigenvalue weighted by Gasteiger charge is 2.34. The number of aryl methyl sites for hydroxylation is 1. The van der Waals surface area contributed by atoms with E-state index in [1.54, 1.807) is 6.92 Å². The number of nitrogens with zero attached hydrogens (tertiary/aromatic N) is 1. The molecule has 0 saturated carbocycles. The van der Waals surface area contributed by atoms with Crippen LogP contribution in [0.15, 0.2) is 6.20 Å². The summed E-state index contributed by atoms with van der Waals surface area (Å²) in [6.45, 7) is 5.80. The molecule has 0 amide bonds. The highest BCUT2D eigenvalue weighted by atomic mass is 32.1. The molecule has 1 heterocycles. The Morgan fingerprint density at radius 3 is 2.15 bits per heavy atom. The van der Waals surface area contributed by atoms with Gasteiger partial charge in [-0.05, 0) is 6.42 Å². The van der Waals surface area contributed by atoms with Crippen LogP contribution in [0.4, 0.5) is 13.2 Å². The van der Waals surface area contributed by atoms with Gasteiger partial charge in [-0.1, -0.05) is 20.8 Å². The van der Waals surface area contributed by atoms with Gasteiger partial charge in [0, 0.05) is 11.1 Å². The Labute approximate surface area is 79.6 Å². The Morgan fingerprint density at radius 2 is 1.92 bits per heavy atom. The van der Waals surface area contributed by atoms with Gasteiger partial charge in [0.25, 0.3) is 0 Å². The van der Waals surface area contributed by atoms with Gasteiger partial charge in [-0.2, -0.15) is 13.2 Å². The smallest absolute Gasteiger partial charge is 0.240 e. The molecule has 1 aromatic rings. The zero-order valence-electron chi connectivity index (χ0n) is 7.77. The molecule has 0 aliphatic rings. The minimum Gasteiger partial charge on any atom is -0.240 e. The first kappa shape index (κ1) is 12.4. The van der Waals surface area contributed by atoms with Crippen LogP contribution in [0.25, 0.3) is 0 Å². The maximum Gasteiger partial charge on any atom is 0.443 e. The summed E-state index contributed by atoms with van der Waals surface area (Å²) in [5.41, 5.74) is 0. The Kier molecular flexibility index (Phi) is 4.98. The molecule has 13 heavy (non-hydrogen) atoms. The van der Waals surface area contributed by atoms with Crippen LogP contribution >= 0.6 is 11.3 Å². The summed E-state index contributed by atoms with van der Waals surface area (Å²) in [5, 5.41) is -0.755. The van der Waals surface area contributed by atoms with Crippen LogP contribution in [0.5, 0.6) is 0 Å². The highest BCUT2D eigenvalue weighted by Crippen LogP contribution is 2.32. The van der Waals surface area contributed by atoms with Gasteiger partial charge in [0.1, 0.15) is 0 Å². The Bertz CT molecular complexity index is 242. The number of thiazole rings is 1. The molecule has 0 atom stereocenters. The summed E-state index contributed by atoms with van der Waals surface area (Å²) in [6, 6.07) is 0. The third-order valence-corrected chi connectivity index (χ3v) is 2.33. The topological polar surface area (TPSA) is 12.9 Å². The minimum absolute atomic E-state index is 0.605. The van der Waals surface area contributed by atoms with E-state index in [-0.39, 0.29) is 0 Å². The monoisotopic (exact) mass is 211 g/mol. The summed E-state index contributed by atoms with van der Waals surface area (Å²) in [4.78, 5) is 3.92. The molecule has 0 aliphatic carbocycles. The first-order valence-electron chi connectivity index (χ1n) is 4.06. The van der Waals surface area contributed by atoms with Crippen LogP contribution in [0.1, 0.15) is 30.7 Å². The first-order valence-corrected chi connectivity index (χ1v) is 4.87. The molecule has 0 unspecified atom stereocenters. The van der Waals surface area contributed by atoms with Crippen molar-refractivity contribution >= 4 is 11.3 Å². The van der Waals surface area contributed by atoms with Crippen LogP contribution in [-0.2, 0) is 12.6 Å². The maximum absolute atomic E-state index is 11.9. The largest absolute Gasteiger partial charge is 0.443 e. The molecule has 0 N–H and O–H groups in total. The molecule has 0 bridgehead atoms.